The normalized spacial score (nSPS) is 16.4. The van der Waals surface area contributed by atoms with Crippen molar-refractivity contribution in [3.8, 4) is 0 Å². The summed E-state index contributed by atoms with van der Waals surface area (Å²) in [6.45, 7) is 1.49. The second-order valence-corrected chi connectivity index (χ2v) is 7.45. The quantitative estimate of drug-likeness (QED) is 0.602. The van der Waals surface area contributed by atoms with Crippen LogP contribution < -0.4 is 10.2 Å². The molecule has 7 nitrogen and oxygen atoms in total. The van der Waals surface area contributed by atoms with E-state index in [1.165, 1.54) is 25.1 Å². The van der Waals surface area contributed by atoms with Gasteiger partial charge in [-0.15, -0.1) is 0 Å². The van der Waals surface area contributed by atoms with Crippen molar-refractivity contribution in [1.82, 2.24) is 5.32 Å². The average molecular weight is 413 g/mol. The van der Waals surface area contributed by atoms with E-state index in [9.17, 15) is 19.2 Å². The Kier molecular flexibility index (Phi) is 4.84. The molecule has 2 aromatic rings. The summed E-state index contributed by atoms with van der Waals surface area (Å²) in [4.78, 5) is 50.8. The summed E-state index contributed by atoms with van der Waals surface area (Å²) in [6.07, 6.45) is 0.897. The van der Waals surface area contributed by atoms with Gasteiger partial charge in [0, 0.05) is 11.1 Å². The number of ether oxygens (including phenoxy) is 1. The number of carbonyl (C=O) groups is 4. The molecular weight excluding hydrogens is 396 g/mol. The first kappa shape index (κ1) is 19.1. The van der Waals surface area contributed by atoms with E-state index >= 15 is 0 Å². The standard InChI is InChI=1S/C21H17ClN2O5/c1-11(18(25)23-14-5-6-14)29-21(28)12-2-9-16-17(10-12)20(27)24(19(16)26)15-7-3-13(22)4-8-15/h2-4,7-11,14H,5-6H2,1H3,(H,23,25)/t11-/m1/s1. The highest BCUT2D eigenvalue weighted by molar-refractivity contribution is 6.35. The zero-order valence-corrected chi connectivity index (χ0v) is 16.2. The van der Waals surface area contributed by atoms with Crippen LogP contribution in [-0.4, -0.2) is 35.8 Å². The zero-order valence-electron chi connectivity index (χ0n) is 15.5. The molecule has 1 N–H and O–H groups in total. The molecule has 1 aliphatic carbocycles. The van der Waals surface area contributed by atoms with E-state index in [0.717, 1.165) is 17.7 Å². The van der Waals surface area contributed by atoms with Gasteiger partial charge in [0.25, 0.3) is 17.7 Å². The van der Waals surface area contributed by atoms with Gasteiger partial charge in [-0.2, -0.15) is 0 Å². The zero-order chi connectivity index (χ0) is 20.7. The summed E-state index contributed by atoms with van der Waals surface area (Å²) in [7, 11) is 0. The number of esters is 1. The first-order valence-corrected chi connectivity index (χ1v) is 9.52. The number of amides is 3. The van der Waals surface area contributed by atoms with Crippen LogP contribution in [0.25, 0.3) is 0 Å². The fourth-order valence-corrected chi connectivity index (χ4v) is 3.15. The van der Waals surface area contributed by atoms with Crippen molar-refractivity contribution in [3.63, 3.8) is 0 Å². The molecule has 1 atom stereocenters. The predicted octanol–water partition coefficient (Wildman–Crippen LogP) is 2.96. The summed E-state index contributed by atoms with van der Waals surface area (Å²) >= 11 is 5.86. The van der Waals surface area contributed by atoms with Crippen LogP contribution in [0.4, 0.5) is 5.69 Å². The largest absolute Gasteiger partial charge is 0.449 e. The van der Waals surface area contributed by atoms with Gasteiger partial charge in [0.15, 0.2) is 6.10 Å². The first-order valence-electron chi connectivity index (χ1n) is 9.15. The van der Waals surface area contributed by atoms with Crippen molar-refractivity contribution in [2.24, 2.45) is 0 Å². The molecule has 0 spiro atoms. The molecule has 2 aromatic carbocycles. The van der Waals surface area contributed by atoms with E-state index < -0.39 is 23.9 Å². The molecule has 0 radical (unpaired) electrons. The lowest BCUT2D eigenvalue weighted by Crippen LogP contribution is -2.37. The van der Waals surface area contributed by atoms with Gasteiger partial charge in [-0.25, -0.2) is 9.69 Å². The highest BCUT2D eigenvalue weighted by Gasteiger charge is 2.37. The SMILES string of the molecule is C[C@@H](OC(=O)c1ccc2c(c1)C(=O)N(c1ccc(Cl)cc1)C2=O)C(=O)NC1CC1. The second-order valence-electron chi connectivity index (χ2n) is 7.01. The Hall–Kier alpha value is -3.19. The smallest absolute Gasteiger partial charge is 0.338 e. The Morgan fingerprint density at radius 2 is 1.72 bits per heavy atom. The van der Waals surface area contributed by atoms with E-state index in [-0.39, 0.29) is 28.6 Å². The number of benzene rings is 2. The molecular formula is C21H17ClN2O5. The van der Waals surface area contributed by atoms with Crippen LogP contribution in [0.15, 0.2) is 42.5 Å². The van der Waals surface area contributed by atoms with E-state index in [4.69, 9.17) is 16.3 Å². The number of carbonyl (C=O) groups excluding carboxylic acids is 4. The van der Waals surface area contributed by atoms with Crippen molar-refractivity contribution < 1.29 is 23.9 Å². The minimum Gasteiger partial charge on any atom is -0.449 e. The van der Waals surface area contributed by atoms with Gasteiger partial charge < -0.3 is 10.1 Å². The Labute approximate surface area is 171 Å². The Bertz CT molecular complexity index is 1030. The van der Waals surface area contributed by atoms with E-state index in [2.05, 4.69) is 5.32 Å². The van der Waals surface area contributed by atoms with Gasteiger partial charge in [0.1, 0.15) is 0 Å². The second kappa shape index (κ2) is 7.33. The third kappa shape index (κ3) is 3.73. The lowest BCUT2D eigenvalue weighted by molar-refractivity contribution is -0.129. The van der Waals surface area contributed by atoms with Crippen molar-refractivity contribution in [2.45, 2.75) is 31.9 Å². The van der Waals surface area contributed by atoms with Gasteiger partial charge in [0.2, 0.25) is 0 Å². The summed E-state index contributed by atoms with van der Waals surface area (Å²) in [5.74, 6) is -2.12. The molecule has 1 heterocycles. The van der Waals surface area contributed by atoms with E-state index in [1.807, 2.05) is 0 Å². The molecule has 1 saturated carbocycles. The fraction of sp³-hybridized carbons (Fsp3) is 0.238. The van der Waals surface area contributed by atoms with Gasteiger partial charge in [-0.05, 0) is 62.2 Å². The van der Waals surface area contributed by atoms with Crippen molar-refractivity contribution >= 4 is 41.0 Å². The number of hydrogen-bond donors (Lipinski definition) is 1. The molecule has 3 amide bonds. The molecule has 8 heteroatoms. The van der Waals surface area contributed by atoms with Gasteiger partial charge in [-0.3, -0.25) is 14.4 Å². The Morgan fingerprint density at radius 1 is 1.07 bits per heavy atom. The van der Waals surface area contributed by atoms with Crippen LogP contribution in [0.2, 0.25) is 5.02 Å². The minimum absolute atomic E-state index is 0.0916. The molecule has 0 saturated heterocycles. The summed E-state index contributed by atoms with van der Waals surface area (Å²) < 4.78 is 5.20. The molecule has 1 aliphatic heterocycles. The number of fused-ring (bicyclic) bond motifs is 1. The third-order valence-electron chi connectivity index (χ3n) is 4.78. The van der Waals surface area contributed by atoms with Gasteiger partial charge in [-0.1, -0.05) is 11.6 Å². The molecule has 29 heavy (non-hydrogen) atoms. The highest BCUT2D eigenvalue weighted by atomic mass is 35.5. The topological polar surface area (TPSA) is 92.8 Å². The number of rotatable bonds is 5. The first-order chi connectivity index (χ1) is 13.8. The molecule has 0 aromatic heterocycles. The Balaban J connectivity index is 1.53. The molecule has 1 fully saturated rings. The maximum Gasteiger partial charge on any atom is 0.338 e. The highest BCUT2D eigenvalue weighted by Crippen LogP contribution is 2.30. The van der Waals surface area contributed by atoms with Crippen LogP contribution in [-0.2, 0) is 9.53 Å². The van der Waals surface area contributed by atoms with Gasteiger partial charge >= 0.3 is 5.97 Å². The molecule has 0 bridgehead atoms. The van der Waals surface area contributed by atoms with E-state index in [0.29, 0.717) is 10.7 Å². The van der Waals surface area contributed by atoms with Crippen molar-refractivity contribution in [1.29, 1.82) is 0 Å². The fourth-order valence-electron chi connectivity index (χ4n) is 3.02. The van der Waals surface area contributed by atoms with Crippen LogP contribution in [0.3, 0.4) is 0 Å². The predicted molar refractivity (Wildman–Crippen MR) is 105 cm³/mol. The molecule has 4 rings (SSSR count). The maximum absolute atomic E-state index is 12.8. The molecule has 148 valence electrons. The third-order valence-corrected chi connectivity index (χ3v) is 5.04. The number of nitrogens with one attached hydrogen (secondary N) is 1. The lowest BCUT2D eigenvalue weighted by Gasteiger charge is -2.13. The number of anilines is 1. The van der Waals surface area contributed by atoms with Crippen LogP contribution >= 0.6 is 11.6 Å². The van der Waals surface area contributed by atoms with Crippen molar-refractivity contribution in [2.75, 3.05) is 4.90 Å². The van der Waals surface area contributed by atoms with Crippen LogP contribution in [0, 0.1) is 0 Å². The number of halogens is 1. The van der Waals surface area contributed by atoms with Crippen LogP contribution in [0.1, 0.15) is 50.8 Å². The summed E-state index contributed by atoms with van der Waals surface area (Å²) in [5.41, 5.74) is 0.777. The summed E-state index contributed by atoms with van der Waals surface area (Å²) in [6, 6.07) is 10.6. The Morgan fingerprint density at radius 3 is 2.38 bits per heavy atom. The minimum atomic E-state index is -0.959. The monoisotopic (exact) mass is 412 g/mol. The number of hydrogen-bond acceptors (Lipinski definition) is 5. The summed E-state index contributed by atoms with van der Waals surface area (Å²) in [5, 5.41) is 3.24. The number of nitrogens with zero attached hydrogens (tertiary/aromatic N) is 1. The maximum atomic E-state index is 12.8. The van der Waals surface area contributed by atoms with Gasteiger partial charge in [0.05, 0.1) is 22.4 Å². The lowest BCUT2D eigenvalue weighted by atomic mass is 10.1. The van der Waals surface area contributed by atoms with Crippen LogP contribution in [0.5, 0.6) is 0 Å². The molecule has 2 aliphatic rings. The number of imide groups is 1. The van der Waals surface area contributed by atoms with Crippen molar-refractivity contribution in [3.05, 3.63) is 64.2 Å². The van der Waals surface area contributed by atoms with E-state index in [1.54, 1.807) is 24.3 Å². The average Bonchev–Trinajstić information content (AvgIpc) is 3.48. The molecule has 0 unspecified atom stereocenters.